The maximum atomic E-state index is 12.3. The Morgan fingerprint density at radius 1 is 1.00 bits per heavy atom. The Balaban J connectivity index is 1.46. The SMILES string of the molecule is O=C(CCNS(=O)(=O)c1ccc(Br)cc1)NCc1ccccc1CN1CCCC1. The van der Waals surface area contributed by atoms with E-state index < -0.39 is 10.0 Å². The van der Waals surface area contributed by atoms with E-state index in [1.807, 2.05) is 18.2 Å². The van der Waals surface area contributed by atoms with Crippen molar-refractivity contribution in [3.8, 4) is 0 Å². The summed E-state index contributed by atoms with van der Waals surface area (Å²) in [4.78, 5) is 14.8. The molecule has 0 unspecified atom stereocenters. The molecule has 1 heterocycles. The minimum atomic E-state index is -3.62. The van der Waals surface area contributed by atoms with Gasteiger partial charge in [0.05, 0.1) is 4.90 Å². The van der Waals surface area contributed by atoms with Crippen LogP contribution in [0, 0.1) is 0 Å². The van der Waals surface area contributed by atoms with Gasteiger partial charge in [-0.1, -0.05) is 40.2 Å². The fourth-order valence-corrected chi connectivity index (χ4v) is 4.64. The molecule has 2 N–H and O–H groups in total. The number of halogens is 1. The highest BCUT2D eigenvalue weighted by molar-refractivity contribution is 9.10. The molecule has 0 aromatic heterocycles. The van der Waals surface area contributed by atoms with E-state index in [1.165, 1.54) is 30.5 Å². The number of nitrogens with one attached hydrogen (secondary N) is 2. The van der Waals surface area contributed by atoms with Crippen LogP contribution < -0.4 is 10.0 Å². The third kappa shape index (κ3) is 6.64. The molecule has 0 bridgehead atoms. The smallest absolute Gasteiger partial charge is 0.240 e. The topological polar surface area (TPSA) is 78.5 Å². The summed E-state index contributed by atoms with van der Waals surface area (Å²) < 4.78 is 27.8. The van der Waals surface area contributed by atoms with E-state index in [1.54, 1.807) is 12.1 Å². The second-order valence-electron chi connectivity index (χ2n) is 7.13. The molecular formula is C21H26BrN3O3S. The lowest BCUT2D eigenvalue weighted by Crippen LogP contribution is -2.31. The highest BCUT2D eigenvalue weighted by Gasteiger charge is 2.15. The van der Waals surface area contributed by atoms with Gasteiger partial charge in [0.25, 0.3) is 0 Å². The van der Waals surface area contributed by atoms with E-state index in [-0.39, 0.29) is 23.8 Å². The second-order valence-corrected chi connectivity index (χ2v) is 9.81. The number of carbonyl (C=O) groups is 1. The molecule has 29 heavy (non-hydrogen) atoms. The number of amides is 1. The third-order valence-corrected chi connectivity index (χ3v) is 6.96. The molecule has 1 amide bonds. The standard InChI is InChI=1S/C21H26BrN3O3S/c22-19-7-9-20(10-8-19)29(27,28)24-12-11-21(26)23-15-17-5-1-2-6-18(17)16-25-13-3-4-14-25/h1-2,5-10,24H,3-4,11-16H2,(H,23,26). The zero-order valence-electron chi connectivity index (χ0n) is 16.2. The Morgan fingerprint density at radius 2 is 1.66 bits per heavy atom. The molecule has 8 heteroatoms. The molecule has 0 spiro atoms. The van der Waals surface area contributed by atoms with Crippen molar-refractivity contribution in [3.63, 3.8) is 0 Å². The first kappa shape index (κ1) is 22.0. The van der Waals surface area contributed by atoms with Crippen molar-refractivity contribution >= 4 is 31.9 Å². The van der Waals surface area contributed by atoms with Crippen LogP contribution >= 0.6 is 15.9 Å². The summed E-state index contributed by atoms with van der Waals surface area (Å²) in [6.45, 7) is 3.65. The van der Waals surface area contributed by atoms with Gasteiger partial charge < -0.3 is 5.32 Å². The maximum Gasteiger partial charge on any atom is 0.240 e. The minimum Gasteiger partial charge on any atom is -0.352 e. The van der Waals surface area contributed by atoms with Crippen LogP contribution in [-0.4, -0.2) is 38.9 Å². The van der Waals surface area contributed by atoms with Crippen LogP contribution in [0.25, 0.3) is 0 Å². The number of sulfonamides is 1. The summed E-state index contributed by atoms with van der Waals surface area (Å²) in [6.07, 6.45) is 2.58. The van der Waals surface area contributed by atoms with Gasteiger partial charge in [0, 0.05) is 30.5 Å². The van der Waals surface area contributed by atoms with Gasteiger partial charge in [0.1, 0.15) is 0 Å². The maximum absolute atomic E-state index is 12.3. The fraction of sp³-hybridized carbons (Fsp3) is 0.381. The number of hydrogen-bond acceptors (Lipinski definition) is 4. The summed E-state index contributed by atoms with van der Waals surface area (Å²) in [6, 6.07) is 14.5. The molecule has 1 saturated heterocycles. The number of benzene rings is 2. The molecular weight excluding hydrogens is 454 g/mol. The van der Waals surface area contributed by atoms with Gasteiger partial charge in [0.15, 0.2) is 0 Å². The van der Waals surface area contributed by atoms with Crippen LogP contribution in [0.15, 0.2) is 57.9 Å². The molecule has 1 fully saturated rings. The quantitative estimate of drug-likeness (QED) is 0.579. The summed E-state index contributed by atoms with van der Waals surface area (Å²) in [7, 11) is -3.62. The minimum absolute atomic E-state index is 0.0552. The van der Waals surface area contributed by atoms with Gasteiger partial charge in [0.2, 0.25) is 15.9 Å². The lowest BCUT2D eigenvalue weighted by molar-refractivity contribution is -0.121. The zero-order chi connectivity index (χ0) is 20.7. The van der Waals surface area contributed by atoms with E-state index in [0.29, 0.717) is 6.54 Å². The largest absolute Gasteiger partial charge is 0.352 e. The van der Waals surface area contributed by atoms with Crippen molar-refractivity contribution in [1.29, 1.82) is 0 Å². The van der Waals surface area contributed by atoms with Crippen LogP contribution in [-0.2, 0) is 27.9 Å². The van der Waals surface area contributed by atoms with Crippen LogP contribution in [0.4, 0.5) is 0 Å². The van der Waals surface area contributed by atoms with Crippen molar-refractivity contribution in [2.24, 2.45) is 0 Å². The average Bonchev–Trinajstić information content (AvgIpc) is 3.20. The number of likely N-dealkylation sites (tertiary alicyclic amines) is 1. The summed E-state index contributed by atoms with van der Waals surface area (Å²) in [5.41, 5.74) is 2.33. The van der Waals surface area contributed by atoms with E-state index in [0.717, 1.165) is 29.7 Å². The third-order valence-electron chi connectivity index (χ3n) is 4.96. The summed E-state index contributed by atoms with van der Waals surface area (Å²) in [5, 5.41) is 2.90. The number of rotatable bonds is 9. The first-order valence-corrected chi connectivity index (χ1v) is 12.0. The molecule has 156 valence electrons. The van der Waals surface area contributed by atoms with Gasteiger partial charge in [-0.15, -0.1) is 0 Å². The number of nitrogens with zero attached hydrogens (tertiary/aromatic N) is 1. The van der Waals surface area contributed by atoms with Crippen molar-refractivity contribution < 1.29 is 13.2 Å². The molecule has 1 aliphatic heterocycles. The van der Waals surface area contributed by atoms with E-state index in [4.69, 9.17) is 0 Å². The monoisotopic (exact) mass is 479 g/mol. The lowest BCUT2D eigenvalue weighted by Gasteiger charge is -2.17. The molecule has 0 saturated carbocycles. The number of hydrogen-bond donors (Lipinski definition) is 2. The van der Waals surface area contributed by atoms with Crippen LogP contribution in [0.2, 0.25) is 0 Å². The predicted octanol–water partition coefficient (Wildman–Crippen LogP) is 3.03. The first-order valence-electron chi connectivity index (χ1n) is 9.75. The molecule has 0 aliphatic carbocycles. The van der Waals surface area contributed by atoms with Crippen LogP contribution in [0.1, 0.15) is 30.4 Å². The highest BCUT2D eigenvalue weighted by atomic mass is 79.9. The predicted molar refractivity (Wildman–Crippen MR) is 117 cm³/mol. The Morgan fingerprint density at radius 3 is 2.34 bits per heavy atom. The molecule has 2 aromatic carbocycles. The first-order chi connectivity index (χ1) is 13.9. The molecule has 3 rings (SSSR count). The Labute approximate surface area is 180 Å². The van der Waals surface area contributed by atoms with Gasteiger partial charge in [-0.05, 0) is 61.3 Å². The molecule has 6 nitrogen and oxygen atoms in total. The van der Waals surface area contributed by atoms with Gasteiger partial charge in [-0.25, -0.2) is 13.1 Å². The van der Waals surface area contributed by atoms with Crippen molar-refractivity contribution in [2.75, 3.05) is 19.6 Å². The van der Waals surface area contributed by atoms with E-state index >= 15 is 0 Å². The van der Waals surface area contributed by atoms with Crippen LogP contribution in [0.5, 0.6) is 0 Å². The van der Waals surface area contributed by atoms with E-state index in [9.17, 15) is 13.2 Å². The second kappa shape index (κ2) is 10.3. The molecule has 2 aromatic rings. The normalized spacial score (nSPS) is 14.8. The highest BCUT2D eigenvalue weighted by Crippen LogP contribution is 2.16. The van der Waals surface area contributed by atoms with Crippen molar-refractivity contribution in [2.45, 2.75) is 37.2 Å². The lowest BCUT2D eigenvalue weighted by atomic mass is 10.1. The average molecular weight is 480 g/mol. The summed E-state index contributed by atoms with van der Waals surface area (Å²) >= 11 is 3.28. The fourth-order valence-electron chi connectivity index (χ4n) is 3.34. The Kier molecular flexibility index (Phi) is 7.83. The van der Waals surface area contributed by atoms with Crippen molar-refractivity contribution in [3.05, 3.63) is 64.1 Å². The molecule has 0 atom stereocenters. The number of carbonyl (C=O) groups excluding carboxylic acids is 1. The van der Waals surface area contributed by atoms with Crippen molar-refractivity contribution in [1.82, 2.24) is 14.9 Å². The van der Waals surface area contributed by atoms with Gasteiger partial charge >= 0.3 is 0 Å². The van der Waals surface area contributed by atoms with E-state index in [2.05, 4.69) is 36.9 Å². The Hall–Kier alpha value is -1.74. The van der Waals surface area contributed by atoms with Crippen LogP contribution in [0.3, 0.4) is 0 Å². The summed E-state index contributed by atoms with van der Waals surface area (Å²) in [5.74, 6) is -0.181. The molecule has 1 aliphatic rings. The molecule has 0 radical (unpaired) electrons. The van der Waals surface area contributed by atoms with Gasteiger partial charge in [-0.3, -0.25) is 9.69 Å². The van der Waals surface area contributed by atoms with Gasteiger partial charge in [-0.2, -0.15) is 0 Å². The Bertz CT molecular complexity index is 926. The zero-order valence-corrected chi connectivity index (χ0v) is 18.6.